The standard InChI is InChI=1S/C20H31N5O2.HI/c1-5-21-20(22-12-8-9-17-14-24-25(3)15-17)23-13-16(2)27-19-11-7-6-10-18(19)26-4;/h6-7,10-11,14-16H,5,8-9,12-13H2,1-4H3,(H2,21,22,23);1H. The summed E-state index contributed by atoms with van der Waals surface area (Å²) < 4.78 is 13.1. The first-order valence-corrected chi connectivity index (χ1v) is 9.41. The van der Waals surface area contributed by atoms with E-state index in [-0.39, 0.29) is 30.1 Å². The van der Waals surface area contributed by atoms with Crippen LogP contribution in [0.5, 0.6) is 11.5 Å². The van der Waals surface area contributed by atoms with Gasteiger partial charge >= 0.3 is 0 Å². The second-order valence-electron chi connectivity index (χ2n) is 6.35. The maximum atomic E-state index is 5.95. The zero-order chi connectivity index (χ0) is 19.5. The molecular weight excluding hydrogens is 469 g/mol. The number of nitrogens with zero attached hydrogens (tertiary/aromatic N) is 3. The highest BCUT2D eigenvalue weighted by Gasteiger charge is 2.08. The summed E-state index contributed by atoms with van der Waals surface area (Å²) in [5.41, 5.74) is 1.25. The van der Waals surface area contributed by atoms with E-state index in [2.05, 4.69) is 33.8 Å². The van der Waals surface area contributed by atoms with E-state index in [0.717, 1.165) is 43.4 Å². The van der Waals surface area contributed by atoms with Crippen LogP contribution >= 0.6 is 24.0 Å². The molecule has 1 atom stereocenters. The number of aromatic nitrogens is 2. The molecule has 0 amide bonds. The summed E-state index contributed by atoms with van der Waals surface area (Å²) in [6.07, 6.45) is 5.91. The van der Waals surface area contributed by atoms with Gasteiger partial charge in [-0.05, 0) is 44.4 Å². The molecule has 0 radical (unpaired) electrons. The third-order valence-electron chi connectivity index (χ3n) is 3.94. The molecule has 1 heterocycles. The number of nitrogens with one attached hydrogen (secondary N) is 2. The molecule has 2 rings (SSSR count). The Morgan fingerprint density at radius 3 is 2.64 bits per heavy atom. The fraction of sp³-hybridized carbons (Fsp3) is 0.500. The molecule has 0 aliphatic heterocycles. The molecule has 8 heteroatoms. The van der Waals surface area contributed by atoms with Crippen LogP contribution in [0.1, 0.15) is 25.8 Å². The first kappa shape index (κ1) is 24.1. The number of hydrogen-bond acceptors (Lipinski definition) is 4. The van der Waals surface area contributed by atoms with Crippen LogP contribution in [-0.4, -0.2) is 48.6 Å². The summed E-state index contributed by atoms with van der Waals surface area (Å²) in [5.74, 6) is 2.27. The lowest BCUT2D eigenvalue weighted by atomic mass is 10.2. The second kappa shape index (κ2) is 13.2. The molecule has 2 N–H and O–H groups in total. The summed E-state index contributed by atoms with van der Waals surface area (Å²) in [4.78, 5) is 4.63. The zero-order valence-corrected chi connectivity index (χ0v) is 19.5. The second-order valence-corrected chi connectivity index (χ2v) is 6.35. The molecule has 0 saturated carbocycles. The maximum absolute atomic E-state index is 5.95. The minimum Gasteiger partial charge on any atom is -0.493 e. The normalized spacial score (nSPS) is 12.1. The summed E-state index contributed by atoms with van der Waals surface area (Å²) in [7, 11) is 3.58. The van der Waals surface area contributed by atoms with Crippen molar-refractivity contribution in [1.29, 1.82) is 0 Å². The zero-order valence-electron chi connectivity index (χ0n) is 17.1. The highest BCUT2D eigenvalue weighted by atomic mass is 127. The van der Waals surface area contributed by atoms with Gasteiger partial charge in [0.25, 0.3) is 0 Å². The predicted molar refractivity (Wildman–Crippen MR) is 124 cm³/mol. The van der Waals surface area contributed by atoms with Crippen molar-refractivity contribution >= 4 is 29.9 Å². The molecule has 0 bridgehead atoms. The van der Waals surface area contributed by atoms with Gasteiger partial charge in [-0.25, -0.2) is 4.99 Å². The van der Waals surface area contributed by atoms with Gasteiger partial charge in [-0.15, -0.1) is 24.0 Å². The van der Waals surface area contributed by atoms with E-state index in [1.165, 1.54) is 5.56 Å². The van der Waals surface area contributed by atoms with Gasteiger partial charge in [0, 0.05) is 26.3 Å². The minimum absolute atomic E-state index is 0. The number of aryl methyl sites for hydroxylation is 2. The third kappa shape index (κ3) is 8.37. The molecule has 2 aromatic rings. The van der Waals surface area contributed by atoms with Crippen molar-refractivity contribution in [2.45, 2.75) is 32.8 Å². The van der Waals surface area contributed by atoms with E-state index in [9.17, 15) is 0 Å². The van der Waals surface area contributed by atoms with Crippen LogP contribution in [0.25, 0.3) is 0 Å². The van der Waals surface area contributed by atoms with Gasteiger partial charge in [0.05, 0.1) is 19.9 Å². The average Bonchev–Trinajstić information content (AvgIpc) is 3.08. The first-order chi connectivity index (χ1) is 13.1. The Morgan fingerprint density at radius 1 is 1.25 bits per heavy atom. The van der Waals surface area contributed by atoms with Gasteiger partial charge in [0.1, 0.15) is 6.10 Å². The van der Waals surface area contributed by atoms with Crippen LogP contribution in [0.2, 0.25) is 0 Å². The number of guanidine groups is 1. The quantitative estimate of drug-likeness (QED) is 0.227. The highest BCUT2D eigenvalue weighted by molar-refractivity contribution is 14.0. The van der Waals surface area contributed by atoms with Crippen LogP contribution in [0.3, 0.4) is 0 Å². The van der Waals surface area contributed by atoms with E-state index in [0.29, 0.717) is 6.54 Å². The largest absolute Gasteiger partial charge is 0.493 e. The molecule has 0 spiro atoms. The van der Waals surface area contributed by atoms with Crippen molar-refractivity contribution in [3.05, 3.63) is 42.2 Å². The fourth-order valence-corrected chi connectivity index (χ4v) is 2.63. The predicted octanol–water partition coefficient (Wildman–Crippen LogP) is 3.00. The Labute approximate surface area is 184 Å². The summed E-state index contributed by atoms with van der Waals surface area (Å²) in [5, 5.41) is 10.8. The van der Waals surface area contributed by atoms with E-state index in [1.807, 2.05) is 49.1 Å². The fourth-order valence-electron chi connectivity index (χ4n) is 2.63. The monoisotopic (exact) mass is 501 g/mol. The molecule has 0 aliphatic carbocycles. The van der Waals surface area contributed by atoms with Crippen LogP contribution in [0.4, 0.5) is 0 Å². The molecule has 7 nitrogen and oxygen atoms in total. The smallest absolute Gasteiger partial charge is 0.191 e. The van der Waals surface area contributed by atoms with Crippen LogP contribution in [-0.2, 0) is 13.5 Å². The molecule has 1 aromatic heterocycles. The molecule has 156 valence electrons. The van der Waals surface area contributed by atoms with Gasteiger partial charge in [-0.1, -0.05) is 12.1 Å². The number of benzene rings is 1. The summed E-state index contributed by atoms with van der Waals surface area (Å²) in [6.45, 7) is 6.28. The number of halogens is 1. The lowest BCUT2D eigenvalue weighted by Crippen LogP contribution is -2.38. The van der Waals surface area contributed by atoms with E-state index < -0.39 is 0 Å². The highest BCUT2D eigenvalue weighted by Crippen LogP contribution is 2.26. The third-order valence-corrected chi connectivity index (χ3v) is 3.94. The topological polar surface area (TPSA) is 72.7 Å². The Morgan fingerprint density at radius 2 is 2.00 bits per heavy atom. The molecule has 28 heavy (non-hydrogen) atoms. The number of rotatable bonds is 10. The maximum Gasteiger partial charge on any atom is 0.191 e. The number of ether oxygens (including phenoxy) is 2. The van der Waals surface area contributed by atoms with Crippen LogP contribution in [0.15, 0.2) is 41.7 Å². The lowest BCUT2D eigenvalue weighted by molar-refractivity contribution is 0.219. The van der Waals surface area contributed by atoms with E-state index in [4.69, 9.17) is 9.47 Å². The van der Waals surface area contributed by atoms with Crippen molar-refractivity contribution in [2.24, 2.45) is 12.0 Å². The van der Waals surface area contributed by atoms with Crippen molar-refractivity contribution in [3.8, 4) is 11.5 Å². The van der Waals surface area contributed by atoms with Gasteiger partial charge in [-0.2, -0.15) is 5.10 Å². The van der Waals surface area contributed by atoms with Gasteiger partial charge in [0.15, 0.2) is 17.5 Å². The van der Waals surface area contributed by atoms with Gasteiger partial charge < -0.3 is 20.1 Å². The van der Waals surface area contributed by atoms with Crippen LogP contribution < -0.4 is 20.1 Å². The van der Waals surface area contributed by atoms with Crippen molar-refractivity contribution in [3.63, 3.8) is 0 Å². The summed E-state index contributed by atoms with van der Waals surface area (Å²) >= 11 is 0. The van der Waals surface area contributed by atoms with Gasteiger partial charge in [-0.3, -0.25) is 4.68 Å². The minimum atomic E-state index is -0.0628. The average molecular weight is 501 g/mol. The Hall–Kier alpha value is -1.97. The SMILES string of the molecule is CCNC(=NCC(C)Oc1ccccc1OC)NCCCc1cnn(C)c1.I. The number of hydrogen-bond donors (Lipinski definition) is 2. The Kier molecular flexibility index (Phi) is 11.4. The van der Waals surface area contributed by atoms with Crippen molar-refractivity contribution in [1.82, 2.24) is 20.4 Å². The molecule has 0 fully saturated rings. The Balaban J connectivity index is 0.00000392. The number of para-hydroxylation sites is 2. The molecule has 0 saturated heterocycles. The molecule has 0 aliphatic rings. The van der Waals surface area contributed by atoms with E-state index >= 15 is 0 Å². The molecule has 1 aromatic carbocycles. The van der Waals surface area contributed by atoms with Crippen LogP contribution in [0, 0.1) is 0 Å². The molecule has 1 unspecified atom stereocenters. The number of methoxy groups -OCH3 is 1. The van der Waals surface area contributed by atoms with Crippen molar-refractivity contribution < 1.29 is 9.47 Å². The van der Waals surface area contributed by atoms with Gasteiger partial charge in [0.2, 0.25) is 0 Å². The first-order valence-electron chi connectivity index (χ1n) is 9.41. The lowest BCUT2D eigenvalue weighted by Gasteiger charge is -2.16. The molecular formula is C20H32IN5O2. The number of aliphatic imine (C=N–C) groups is 1. The van der Waals surface area contributed by atoms with Crippen molar-refractivity contribution in [2.75, 3.05) is 26.7 Å². The Bertz CT molecular complexity index is 720. The summed E-state index contributed by atoms with van der Waals surface area (Å²) in [6, 6.07) is 7.65. The van der Waals surface area contributed by atoms with E-state index in [1.54, 1.807) is 7.11 Å².